The first kappa shape index (κ1) is 33.4. The molecule has 2 aliphatic heterocycles. The number of allylic oxidation sites excluding steroid dienone is 1. The van der Waals surface area contributed by atoms with E-state index in [-0.39, 0.29) is 16.0 Å². The number of para-hydroxylation sites is 1. The first-order valence-corrected chi connectivity index (χ1v) is 18.5. The maximum atomic E-state index is 14.3. The molecule has 4 heterocycles. The molecule has 256 valence electrons. The van der Waals surface area contributed by atoms with Gasteiger partial charge in [-0.25, -0.2) is 22.9 Å². The molecule has 13 heteroatoms. The van der Waals surface area contributed by atoms with E-state index in [9.17, 15) is 18.0 Å². The van der Waals surface area contributed by atoms with Gasteiger partial charge in [0.15, 0.2) is 4.80 Å². The summed E-state index contributed by atoms with van der Waals surface area (Å²) in [4.78, 5) is 32.7. The van der Waals surface area contributed by atoms with Crippen molar-refractivity contribution in [1.29, 1.82) is 0 Å². The minimum absolute atomic E-state index is 0.232. The maximum Gasteiger partial charge on any atom is 0.338 e. The maximum absolute atomic E-state index is 14.3. The fourth-order valence-electron chi connectivity index (χ4n) is 6.40. The van der Waals surface area contributed by atoms with Crippen LogP contribution in [0.15, 0.2) is 111 Å². The van der Waals surface area contributed by atoms with Gasteiger partial charge in [-0.3, -0.25) is 9.36 Å². The standard InChI is InChI=1S/C37H35N5O6S2/c1-24-32(36(44)48-3)34(26-12-16-29(47-2)17-13-26)42-35(43)31(49-37(42)38-24)22-27-23-41(28-10-6-4-7-11-28)39-33(27)25-14-18-30(19-15-25)50(45,46)40-20-8-5-9-21-40/h4,6-7,10-19,22-23,34H,5,8-9,20-21H2,1-3H3/b31-22-. The smallest absolute Gasteiger partial charge is 0.338 e. The molecule has 2 aliphatic rings. The van der Waals surface area contributed by atoms with Crippen molar-refractivity contribution < 1.29 is 22.7 Å². The first-order chi connectivity index (χ1) is 24.2. The average Bonchev–Trinajstić information content (AvgIpc) is 3.71. The van der Waals surface area contributed by atoms with E-state index in [0.717, 1.165) is 24.9 Å². The highest BCUT2D eigenvalue weighted by molar-refractivity contribution is 7.89. The number of carbonyl (C=O) groups is 1. The van der Waals surface area contributed by atoms with Crippen molar-refractivity contribution in [2.24, 2.45) is 4.99 Å². The quantitative estimate of drug-likeness (QED) is 0.218. The third-order valence-electron chi connectivity index (χ3n) is 8.99. The highest BCUT2D eigenvalue weighted by atomic mass is 32.2. The summed E-state index contributed by atoms with van der Waals surface area (Å²) in [5.41, 5.74) is 3.83. The Morgan fingerprint density at radius 3 is 2.30 bits per heavy atom. The number of nitrogens with zero attached hydrogens (tertiary/aromatic N) is 5. The number of sulfonamides is 1. The van der Waals surface area contributed by atoms with Gasteiger partial charge in [-0.15, -0.1) is 0 Å². The average molecular weight is 710 g/mol. The molecule has 0 amide bonds. The molecule has 0 aliphatic carbocycles. The lowest BCUT2D eigenvalue weighted by molar-refractivity contribution is -0.136. The number of piperidine rings is 1. The van der Waals surface area contributed by atoms with Crippen LogP contribution < -0.4 is 19.6 Å². The summed E-state index contributed by atoms with van der Waals surface area (Å²) in [7, 11) is -0.734. The molecule has 0 bridgehead atoms. The van der Waals surface area contributed by atoms with Gasteiger partial charge in [-0.05, 0) is 67.8 Å². The second-order valence-corrected chi connectivity index (χ2v) is 15.0. The number of methoxy groups -OCH3 is 2. The molecule has 11 nitrogen and oxygen atoms in total. The van der Waals surface area contributed by atoms with Crippen LogP contribution in [0.4, 0.5) is 0 Å². The normalized spacial score (nSPS) is 16.9. The minimum Gasteiger partial charge on any atom is -0.497 e. The number of ether oxygens (including phenoxy) is 2. The van der Waals surface area contributed by atoms with Crippen LogP contribution in [0.3, 0.4) is 0 Å². The Balaban J connectivity index is 1.36. The number of thiazole rings is 1. The van der Waals surface area contributed by atoms with Crippen LogP contribution in [-0.4, -0.2) is 60.3 Å². The Hall–Kier alpha value is -5.11. The second-order valence-electron chi connectivity index (χ2n) is 12.0. The number of benzene rings is 3. The monoisotopic (exact) mass is 709 g/mol. The molecular formula is C37H35N5O6S2. The van der Waals surface area contributed by atoms with Crippen LogP contribution >= 0.6 is 11.3 Å². The van der Waals surface area contributed by atoms with Crippen molar-refractivity contribution in [3.05, 3.63) is 127 Å². The van der Waals surface area contributed by atoms with E-state index in [2.05, 4.69) is 4.99 Å². The molecule has 0 spiro atoms. The molecule has 0 radical (unpaired) electrons. The van der Waals surface area contributed by atoms with Gasteiger partial charge in [0.2, 0.25) is 10.0 Å². The van der Waals surface area contributed by atoms with E-state index in [1.54, 1.807) is 65.5 Å². The van der Waals surface area contributed by atoms with Gasteiger partial charge in [-0.1, -0.05) is 60.2 Å². The topological polar surface area (TPSA) is 125 Å². The number of hydrogen-bond donors (Lipinski definition) is 0. The molecule has 7 rings (SSSR count). The Morgan fingerprint density at radius 2 is 1.64 bits per heavy atom. The van der Waals surface area contributed by atoms with E-state index in [1.165, 1.54) is 23.0 Å². The fourth-order valence-corrected chi connectivity index (χ4v) is 8.96. The van der Waals surface area contributed by atoms with Crippen molar-refractivity contribution in [3.63, 3.8) is 0 Å². The lowest BCUT2D eigenvalue weighted by Crippen LogP contribution is -2.39. The van der Waals surface area contributed by atoms with E-state index in [1.807, 2.05) is 48.7 Å². The zero-order chi connectivity index (χ0) is 35.0. The van der Waals surface area contributed by atoms with Crippen LogP contribution in [0, 0.1) is 0 Å². The van der Waals surface area contributed by atoms with Crippen molar-refractivity contribution in [3.8, 4) is 22.7 Å². The SMILES string of the molecule is COC(=O)C1=C(C)N=c2s/c(=C\c3cn(-c4ccccc4)nc3-c3ccc(S(=O)(=O)N4CCCCC4)cc3)c(=O)n2C1c1ccc(OC)cc1. The van der Waals surface area contributed by atoms with E-state index < -0.39 is 22.0 Å². The summed E-state index contributed by atoms with van der Waals surface area (Å²) in [6.45, 7) is 2.77. The molecule has 50 heavy (non-hydrogen) atoms. The van der Waals surface area contributed by atoms with Gasteiger partial charge in [0.05, 0.1) is 52.3 Å². The molecular weight excluding hydrogens is 675 g/mol. The van der Waals surface area contributed by atoms with E-state index >= 15 is 0 Å². The summed E-state index contributed by atoms with van der Waals surface area (Å²) in [6, 6.07) is 22.8. The summed E-state index contributed by atoms with van der Waals surface area (Å²) >= 11 is 1.21. The van der Waals surface area contributed by atoms with Gasteiger partial charge in [0, 0.05) is 30.4 Å². The number of esters is 1. The predicted molar refractivity (Wildman–Crippen MR) is 190 cm³/mol. The van der Waals surface area contributed by atoms with Gasteiger partial charge in [-0.2, -0.15) is 9.40 Å². The molecule has 3 aromatic carbocycles. The minimum atomic E-state index is -3.61. The largest absolute Gasteiger partial charge is 0.497 e. The van der Waals surface area contributed by atoms with Crippen LogP contribution in [0.1, 0.15) is 43.4 Å². The zero-order valence-corrected chi connectivity index (χ0v) is 29.4. The number of aromatic nitrogens is 3. The molecule has 2 aromatic heterocycles. The second kappa shape index (κ2) is 13.7. The van der Waals surface area contributed by atoms with Crippen molar-refractivity contribution in [2.75, 3.05) is 27.3 Å². The van der Waals surface area contributed by atoms with Crippen molar-refractivity contribution in [1.82, 2.24) is 18.7 Å². The number of hydrogen-bond acceptors (Lipinski definition) is 9. The fraction of sp³-hybridized carbons (Fsp3) is 0.243. The Morgan fingerprint density at radius 1 is 0.940 bits per heavy atom. The highest BCUT2D eigenvalue weighted by Crippen LogP contribution is 2.32. The summed E-state index contributed by atoms with van der Waals surface area (Å²) in [5.74, 6) is 0.0695. The molecule has 1 atom stereocenters. The molecule has 1 unspecified atom stereocenters. The van der Waals surface area contributed by atoms with Gasteiger partial charge < -0.3 is 9.47 Å². The molecule has 0 N–H and O–H groups in total. The number of fused-ring (bicyclic) bond motifs is 1. The third kappa shape index (κ3) is 6.12. The summed E-state index contributed by atoms with van der Waals surface area (Å²) in [6.07, 6.45) is 6.35. The molecule has 1 saturated heterocycles. The van der Waals surface area contributed by atoms with Crippen LogP contribution in [0.2, 0.25) is 0 Å². The van der Waals surface area contributed by atoms with Gasteiger partial charge in [0.1, 0.15) is 5.75 Å². The van der Waals surface area contributed by atoms with Crippen molar-refractivity contribution in [2.45, 2.75) is 37.1 Å². The van der Waals surface area contributed by atoms with Gasteiger partial charge in [0.25, 0.3) is 5.56 Å². The Bertz CT molecular complexity index is 2390. The first-order valence-electron chi connectivity index (χ1n) is 16.2. The number of rotatable bonds is 8. The van der Waals surface area contributed by atoms with Crippen LogP contribution in [0.5, 0.6) is 5.75 Å². The van der Waals surface area contributed by atoms with Crippen LogP contribution in [0.25, 0.3) is 23.0 Å². The van der Waals surface area contributed by atoms with E-state index in [4.69, 9.17) is 14.6 Å². The van der Waals surface area contributed by atoms with Gasteiger partial charge >= 0.3 is 5.97 Å². The highest BCUT2D eigenvalue weighted by Gasteiger charge is 2.33. The Labute approximate surface area is 293 Å². The van der Waals surface area contributed by atoms with Crippen molar-refractivity contribution >= 4 is 33.4 Å². The zero-order valence-electron chi connectivity index (χ0n) is 27.8. The summed E-state index contributed by atoms with van der Waals surface area (Å²) in [5, 5.41) is 4.89. The molecule has 5 aromatic rings. The predicted octanol–water partition coefficient (Wildman–Crippen LogP) is 4.44. The van der Waals surface area contributed by atoms with E-state index in [0.29, 0.717) is 56.3 Å². The van der Waals surface area contributed by atoms with Crippen LogP contribution in [-0.2, 0) is 19.6 Å². The molecule has 0 saturated carbocycles. The lowest BCUT2D eigenvalue weighted by atomic mass is 9.96. The lowest BCUT2D eigenvalue weighted by Gasteiger charge is -2.25. The third-order valence-corrected chi connectivity index (χ3v) is 11.9. The molecule has 1 fully saturated rings. The Kier molecular flexibility index (Phi) is 9.12. The summed E-state index contributed by atoms with van der Waals surface area (Å²) < 4.78 is 42.4. The number of carbonyl (C=O) groups excluding carboxylic acids is 1.